The molecule has 1 atom stereocenters. The van der Waals surface area contributed by atoms with Crippen molar-refractivity contribution >= 4 is 11.8 Å². The average Bonchev–Trinajstić information content (AvgIpc) is 2.68. The minimum absolute atomic E-state index is 0.121. The summed E-state index contributed by atoms with van der Waals surface area (Å²) in [4.78, 5) is 21.0. The molecule has 2 heterocycles. The van der Waals surface area contributed by atoms with Gasteiger partial charge in [-0.1, -0.05) is 18.2 Å². The lowest BCUT2D eigenvalue weighted by Crippen LogP contribution is -2.46. The molecule has 3 rings (SSSR count). The second kappa shape index (κ2) is 7.65. The van der Waals surface area contributed by atoms with Crippen LogP contribution in [0.15, 0.2) is 64.9 Å². The molecule has 2 aromatic rings. The topological polar surface area (TPSA) is 63.6 Å². The quantitative estimate of drug-likeness (QED) is 0.618. The fourth-order valence-corrected chi connectivity index (χ4v) is 3.06. The van der Waals surface area contributed by atoms with Crippen LogP contribution in [-0.2, 0) is 15.1 Å². The molecule has 0 saturated heterocycles. The number of nitrogens with zero attached hydrogens (tertiary/aromatic N) is 2. The van der Waals surface area contributed by atoms with Crippen LogP contribution in [0.2, 0.25) is 0 Å². The van der Waals surface area contributed by atoms with Crippen molar-refractivity contribution in [2.45, 2.75) is 25.6 Å². The van der Waals surface area contributed by atoms with Crippen LogP contribution >= 0.6 is 0 Å². The molecule has 1 aromatic carbocycles. The van der Waals surface area contributed by atoms with Crippen molar-refractivity contribution in [1.29, 1.82) is 0 Å². The summed E-state index contributed by atoms with van der Waals surface area (Å²) in [6.45, 7) is 2.71. The summed E-state index contributed by atoms with van der Waals surface area (Å²) in [6.07, 6.45) is -3.49. The van der Waals surface area contributed by atoms with Gasteiger partial charge in [-0.3, -0.25) is 4.98 Å². The van der Waals surface area contributed by atoms with Gasteiger partial charge in [-0.15, -0.1) is 0 Å². The second-order valence-corrected chi connectivity index (χ2v) is 6.35. The summed E-state index contributed by atoms with van der Waals surface area (Å²) < 4.78 is 60.1. The first kappa shape index (κ1) is 20.5. The number of esters is 1. The van der Waals surface area contributed by atoms with Crippen molar-refractivity contribution < 1.29 is 27.1 Å². The zero-order valence-electron chi connectivity index (χ0n) is 15.5. The molecule has 0 aliphatic carbocycles. The largest absolute Gasteiger partial charge is 0.462 e. The highest BCUT2D eigenvalue weighted by Gasteiger charge is 2.50. The number of nitrogens with one attached hydrogen (secondary N) is 1. The van der Waals surface area contributed by atoms with Crippen LogP contribution in [0.1, 0.15) is 25.1 Å². The monoisotopic (exact) mass is 407 g/mol. The molecule has 0 radical (unpaired) electrons. The van der Waals surface area contributed by atoms with E-state index in [2.05, 4.69) is 15.3 Å². The third-order valence-electron chi connectivity index (χ3n) is 4.39. The molecule has 9 heteroatoms. The Hall–Kier alpha value is -3.23. The third kappa shape index (κ3) is 3.98. The fourth-order valence-electron chi connectivity index (χ4n) is 3.06. The van der Waals surface area contributed by atoms with Crippen molar-refractivity contribution in [2.75, 3.05) is 6.61 Å². The lowest BCUT2D eigenvalue weighted by atomic mass is 9.82. The van der Waals surface area contributed by atoms with Gasteiger partial charge in [0.05, 0.1) is 12.2 Å². The zero-order valence-corrected chi connectivity index (χ0v) is 15.5. The first-order valence-corrected chi connectivity index (χ1v) is 8.70. The number of hydrogen-bond acceptors (Lipinski definition) is 5. The van der Waals surface area contributed by atoms with Gasteiger partial charge in [0, 0.05) is 6.20 Å². The highest BCUT2D eigenvalue weighted by Crippen LogP contribution is 2.42. The van der Waals surface area contributed by atoms with Gasteiger partial charge in [-0.25, -0.2) is 14.2 Å². The van der Waals surface area contributed by atoms with Crippen molar-refractivity contribution in [3.63, 3.8) is 0 Å². The molecule has 29 heavy (non-hydrogen) atoms. The fraction of sp³-hybridized carbons (Fsp3) is 0.250. The molecule has 1 aromatic heterocycles. The Morgan fingerprint density at radius 1 is 1.17 bits per heavy atom. The number of pyridine rings is 1. The summed E-state index contributed by atoms with van der Waals surface area (Å²) in [6, 6.07) is 9.44. The second-order valence-electron chi connectivity index (χ2n) is 6.35. The van der Waals surface area contributed by atoms with Gasteiger partial charge in [0.25, 0.3) is 0 Å². The summed E-state index contributed by atoms with van der Waals surface area (Å²) in [5.74, 6) is -1.90. The predicted octanol–water partition coefficient (Wildman–Crippen LogP) is 3.87. The number of amidine groups is 1. The number of benzene rings is 1. The van der Waals surface area contributed by atoms with Crippen LogP contribution in [0.3, 0.4) is 0 Å². The molecule has 0 bridgehead atoms. The normalized spacial score (nSPS) is 19.4. The maximum absolute atomic E-state index is 13.9. The van der Waals surface area contributed by atoms with Gasteiger partial charge >= 0.3 is 12.1 Å². The zero-order chi connectivity index (χ0) is 21.2. The number of halogens is 4. The van der Waals surface area contributed by atoms with Gasteiger partial charge in [0.1, 0.15) is 22.7 Å². The number of rotatable bonds is 4. The molecular formula is C20H17F4N3O2. The van der Waals surface area contributed by atoms with Crippen molar-refractivity contribution in [3.8, 4) is 0 Å². The highest BCUT2D eigenvalue weighted by atomic mass is 19.4. The Labute approximate surface area is 164 Å². The molecule has 0 saturated carbocycles. The molecule has 0 spiro atoms. The molecule has 1 aliphatic rings. The highest BCUT2D eigenvalue weighted by molar-refractivity contribution is 6.03. The lowest BCUT2D eigenvalue weighted by molar-refractivity contribution is -0.141. The average molecular weight is 407 g/mol. The first-order chi connectivity index (χ1) is 13.7. The minimum Gasteiger partial charge on any atom is -0.462 e. The molecule has 1 aliphatic heterocycles. The maximum Gasteiger partial charge on any atom is 0.431 e. The molecule has 0 amide bonds. The Kier molecular flexibility index (Phi) is 5.41. The van der Waals surface area contributed by atoms with Crippen molar-refractivity contribution in [3.05, 3.63) is 77.0 Å². The first-order valence-electron chi connectivity index (χ1n) is 8.70. The van der Waals surface area contributed by atoms with Crippen LogP contribution in [0.5, 0.6) is 0 Å². The van der Waals surface area contributed by atoms with Gasteiger partial charge in [0.2, 0.25) is 0 Å². The number of ether oxygens (including phenoxy) is 1. The Bertz CT molecular complexity index is 969. The van der Waals surface area contributed by atoms with E-state index in [1.54, 1.807) is 12.1 Å². The van der Waals surface area contributed by atoms with E-state index in [0.717, 1.165) is 12.1 Å². The Balaban J connectivity index is 2.29. The van der Waals surface area contributed by atoms with Gasteiger partial charge in [0.15, 0.2) is 5.84 Å². The number of aliphatic imine (C=N–C) groups is 1. The van der Waals surface area contributed by atoms with E-state index < -0.39 is 34.8 Å². The number of aromatic nitrogens is 1. The van der Waals surface area contributed by atoms with E-state index in [0.29, 0.717) is 0 Å². The summed E-state index contributed by atoms with van der Waals surface area (Å²) in [5, 5.41) is 2.20. The number of carbonyl (C=O) groups is 1. The third-order valence-corrected chi connectivity index (χ3v) is 4.39. The molecule has 5 nitrogen and oxygen atoms in total. The van der Waals surface area contributed by atoms with Gasteiger partial charge in [-0.2, -0.15) is 13.2 Å². The summed E-state index contributed by atoms with van der Waals surface area (Å²) >= 11 is 0. The molecule has 152 valence electrons. The number of carbonyl (C=O) groups excluding carboxylic acids is 1. The lowest BCUT2D eigenvalue weighted by Gasteiger charge is -2.35. The van der Waals surface area contributed by atoms with E-state index in [9.17, 15) is 22.4 Å². The predicted molar refractivity (Wildman–Crippen MR) is 97.4 cm³/mol. The number of hydrogen-bond donors (Lipinski definition) is 1. The number of allylic oxidation sites excluding steroid dienone is 1. The van der Waals surface area contributed by atoms with Crippen molar-refractivity contribution in [2.24, 2.45) is 4.99 Å². The number of alkyl halides is 3. The van der Waals surface area contributed by atoms with E-state index >= 15 is 0 Å². The van der Waals surface area contributed by atoms with Crippen molar-refractivity contribution in [1.82, 2.24) is 10.3 Å². The Morgan fingerprint density at radius 3 is 2.41 bits per heavy atom. The molecule has 0 fully saturated rings. The molecule has 1 N–H and O–H groups in total. The summed E-state index contributed by atoms with van der Waals surface area (Å²) in [5.41, 5.74) is -3.44. The maximum atomic E-state index is 13.9. The van der Waals surface area contributed by atoms with Crippen LogP contribution in [0.4, 0.5) is 17.6 Å². The van der Waals surface area contributed by atoms with E-state index in [1.807, 2.05) is 0 Å². The van der Waals surface area contributed by atoms with E-state index in [4.69, 9.17) is 4.74 Å². The van der Waals surface area contributed by atoms with Crippen LogP contribution < -0.4 is 5.32 Å². The van der Waals surface area contributed by atoms with Gasteiger partial charge in [-0.05, 0) is 43.7 Å². The van der Waals surface area contributed by atoms with E-state index in [1.165, 1.54) is 38.2 Å². The van der Waals surface area contributed by atoms with Crippen LogP contribution in [0.25, 0.3) is 0 Å². The molecule has 1 unspecified atom stereocenters. The van der Waals surface area contributed by atoms with Gasteiger partial charge < -0.3 is 10.1 Å². The van der Waals surface area contributed by atoms with E-state index in [-0.39, 0.29) is 23.7 Å². The molecular weight excluding hydrogens is 390 g/mol. The van der Waals surface area contributed by atoms with Crippen LogP contribution in [-0.4, -0.2) is 29.6 Å². The standard InChI is InChI=1S/C20H17F4N3O2/c1-3-29-18(28)15-16(20(22,23)24)26-17(14-6-4-5-11-25-14)27-19(15,2)12-7-9-13(21)10-8-12/h4-11H,3H2,1-2H3,(H,26,27). The minimum atomic E-state index is -4.90. The summed E-state index contributed by atoms with van der Waals surface area (Å²) in [7, 11) is 0. The SMILES string of the molecule is CCOC(=O)C1=C(C(F)(F)F)NC(c2ccccn2)=NC1(C)c1ccc(F)cc1. The Morgan fingerprint density at radius 2 is 1.86 bits per heavy atom. The smallest absolute Gasteiger partial charge is 0.431 e. The van der Waals surface area contributed by atoms with Crippen LogP contribution in [0, 0.1) is 5.82 Å².